The molecule has 1 aromatic carbocycles. The van der Waals surface area contributed by atoms with Gasteiger partial charge >= 0.3 is 0 Å². The predicted molar refractivity (Wildman–Crippen MR) is 56.6 cm³/mol. The number of hydrogen-bond acceptors (Lipinski definition) is 2. The van der Waals surface area contributed by atoms with Gasteiger partial charge in [-0.2, -0.15) is 0 Å². The molecular formula is C11H15NO2. The molecule has 3 nitrogen and oxygen atoms in total. The first-order chi connectivity index (χ1) is 6.56. The Morgan fingerprint density at radius 2 is 2.00 bits per heavy atom. The van der Waals surface area contributed by atoms with Gasteiger partial charge in [-0.1, -0.05) is 19.4 Å². The second-order valence-corrected chi connectivity index (χ2v) is 3.59. The van der Waals surface area contributed by atoms with Crippen molar-refractivity contribution in [1.29, 1.82) is 0 Å². The smallest absolute Gasteiger partial charge is 0.258 e. The molecule has 14 heavy (non-hydrogen) atoms. The lowest BCUT2D eigenvalue weighted by Gasteiger charge is -2.06. The van der Waals surface area contributed by atoms with E-state index in [1.165, 1.54) is 0 Å². The minimum atomic E-state index is -0.287. The summed E-state index contributed by atoms with van der Waals surface area (Å²) in [6.45, 7) is 5.85. The Morgan fingerprint density at radius 3 is 2.50 bits per heavy atom. The van der Waals surface area contributed by atoms with Crippen molar-refractivity contribution < 1.29 is 4.92 Å². The Kier molecular flexibility index (Phi) is 3.23. The van der Waals surface area contributed by atoms with Crippen LogP contribution in [-0.2, 0) is 6.42 Å². The van der Waals surface area contributed by atoms with Crippen molar-refractivity contribution in [2.75, 3.05) is 0 Å². The van der Waals surface area contributed by atoms with E-state index < -0.39 is 0 Å². The first-order valence-corrected chi connectivity index (χ1v) is 4.80. The summed E-state index contributed by atoms with van der Waals surface area (Å²) in [7, 11) is 0. The van der Waals surface area contributed by atoms with Crippen LogP contribution in [0.3, 0.4) is 0 Å². The van der Waals surface area contributed by atoms with E-state index in [4.69, 9.17) is 0 Å². The van der Waals surface area contributed by atoms with Crippen LogP contribution in [0.25, 0.3) is 0 Å². The van der Waals surface area contributed by atoms with Gasteiger partial charge in [-0.25, -0.2) is 0 Å². The fourth-order valence-corrected chi connectivity index (χ4v) is 1.71. The Labute approximate surface area is 83.9 Å². The Hall–Kier alpha value is -1.38. The van der Waals surface area contributed by atoms with Crippen molar-refractivity contribution in [3.63, 3.8) is 0 Å². The molecule has 0 saturated carbocycles. The van der Waals surface area contributed by atoms with E-state index >= 15 is 0 Å². The zero-order valence-electron chi connectivity index (χ0n) is 8.83. The average Bonchev–Trinajstić information content (AvgIpc) is 2.09. The molecule has 76 valence electrons. The Morgan fingerprint density at radius 1 is 1.36 bits per heavy atom. The van der Waals surface area contributed by atoms with Gasteiger partial charge in [0.05, 0.1) is 4.92 Å². The molecule has 0 saturated heterocycles. The average molecular weight is 193 g/mol. The summed E-state index contributed by atoms with van der Waals surface area (Å²) in [6, 6.07) is 3.65. The van der Waals surface area contributed by atoms with Gasteiger partial charge in [0.2, 0.25) is 0 Å². The van der Waals surface area contributed by atoms with Crippen LogP contribution in [0.2, 0.25) is 0 Å². The molecule has 1 aromatic rings. The maximum absolute atomic E-state index is 10.8. The molecule has 0 bridgehead atoms. The number of nitro benzene ring substituents is 1. The number of nitrogens with zero attached hydrogens (tertiary/aromatic N) is 1. The third-order valence-corrected chi connectivity index (χ3v) is 2.29. The highest BCUT2D eigenvalue weighted by molar-refractivity contribution is 5.48. The summed E-state index contributed by atoms with van der Waals surface area (Å²) in [5.41, 5.74) is 3.13. The van der Waals surface area contributed by atoms with Crippen LogP contribution >= 0.6 is 0 Å². The van der Waals surface area contributed by atoms with Gasteiger partial charge in [-0.05, 0) is 31.4 Å². The van der Waals surface area contributed by atoms with Crippen LogP contribution in [0, 0.1) is 24.0 Å². The third-order valence-electron chi connectivity index (χ3n) is 2.29. The standard InChI is InChI=1S/C11H15NO2/c1-4-5-10-9(3)6-8(2)7-11(10)12(13)14/h6-7H,4-5H2,1-3H3. The van der Waals surface area contributed by atoms with Crippen molar-refractivity contribution >= 4 is 5.69 Å². The Bertz CT molecular complexity index is 359. The zero-order valence-corrected chi connectivity index (χ0v) is 8.83. The highest BCUT2D eigenvalue weighted by Gasteiger charge is 2.15. The summed E-state index contributed by atoms with van der Waals surface area (Å²) in [5.74, 6) is 0. The van der Waals surface area contributed by atoms with E-state index in [-0.39, 0.29) is 10.6 Å². The topological polar surface area (TPSA) is 43.1 Å². The van der Waals surface area contributed by atoms with Crippen LogP contribution in [0.4, 0.5) is 5.69 Å². The van der Waals surface area contributed by atoms with E-state index in [1.54, 1.807) is 6.07 Å². The van der Waals surface area contributed by atoms with Gasteiger partial charge in [-0.15, -0.1) is 0 Å². The fraction of sp³-hybridized carbons (Fsp3) is 0.455. The molecule has 0 aliphatic carbocycles. The highest BCUT2D eigenvalue weighted by atomic mass is 16.6. The maximum Gasteiger partial charge on any atom is 0.273 e. The first-order valence-electron chi connectivity index (χ1n) is 4.80. The SMILES string of the molecule is CCCc1c(C)cc(C)cc1[N+](=O)[O-]. The number of rotatable bonds is 3. The molecule has 0 aromatic heterocycles. The van der Waals surface area contributed by atoms with Gasteiger partial charge < -0.3 is 0 Å². The monoisotopic (exact) mass is 193 g/mol. The summed E-state index contributed by atoms with van der Waals surface area (Å²) >= 11 is 0. The molecule has 0 radical (unpaired) electrons. The first kappa shape index (κ1) is 10.7. The number of benzene rings is 1. The highest BCUT2D eigenvalue weighted by Crippen LogP contribution is 2.25. The summed E-state index contributed by atoms with van der Waals surface area (Å²) in [4.78, 5) is 10.5. The number of aryl methyl sites for hydroxylation is 2. The molecule has 0 fully saturated rings. The van der Waals surface area contributed by atoms with Crippen molar-refractivity contribution in [3.8, 4) is 0 Å². The van der Waals surface area contributed by atoms with E-state index in [0.717, 1.165) is 29.5 Å². The summed E-state index contributed by atoms with van der Waals surface area (Å²) in [5, 5.41) is 10.8. The summed E-state index contributed by atoms with van der Waals surface area (Å²) in [6.07, 6.45) is 1.72. The molecule has 3 heteroatoms. The molecule has 0 amide bonds. The Balaban J connectivity index is 3.28. The molecule has 1 rings (SSSR count). The van der Waals surface area contributed by atoms with Gasteiger partial charge in [0.1, 0.15) is 0 Å². The van der Waals surface area contributed by atoms with E-state index in [9.17, 15) is 10.1 Å². The van der Waals surface area contributed by atoms with Gasteiger partial charge in [0.15, 0.2) is 0 Å². The summed E-state index contributed by atoms with van der Waals surface area (Å²) < 4.78 is 0. The molecule has 0 unspecified atom stereocenters. The largest absolute Gasteiger partial charge is 0.273 e. The van der Waals surface area contributed by atoms with Crippen LogP contribution in [-0.4, -0.2) is 4.92 Å². The molecule has 0 heterocycles. The van der Waals surface area contributed by atoms with Crippen molar-refractivity contribution in [2.45, 2.75) is 33.6 Å². The molecule has 0 aliphatic heterocycles. The van der Waals surface area contributed by atoms with E-state index in [1.807, 2.05) is 26.8 Å². The van der Waals surface area contributed by atoms with Crippen LogP contribution in [0.5, 0.6) is 0 Å². The second-order valence-electron chi connectivity index (χ2n) is 3.59. The lowest BCUT2D eigenvalue weighted by atomic mass is 10.00. The third kappa shape index (κ3) is 2.10. The van der Waals surface area contributed by atoms with Crippen LogP contribution in [0.1, 0.15) is 30.0 Å². The van der Waals surface area contributed by atoms with E-state index in [2.05, 4.69) is 0 Å². The fourth-order valence-electron chi connectivity index (χ4n) is 1.71. The maximum atomic E-state index is 10.8. The zero-order chi connectivity index (χ0) is 10.7. The lowest BCUT2D eigenvalue weighted by molar-refractivity contribution is -0.385. The van der Waals surface area contributed by atoms with Gasteiger partial charge in [0, 0.05) is 11.6 Å². The van der Waals surface area contributed by atoms with Crippen LogP contribution in [0.15, 0.2) is 12.1 Å². The second kappa shape index (κ2) is 4.22. The molecule has 0 atom stereocenters. The molecular weight excluding hydrogens is 178 g/mol. The lowest BCUT2D eigenvalue weighted by Crippen LogP contribution is -1.99. The van der Waals surface area contributed by atoms with Gasteiger partial charge in [-0.3, -0.25) is 10.1 Å². The minimum absolute atomic E-state index is 0.268. The van der Waals surface area contributed by atoms with Crippen molar-refractivity contribution in [2.24, 2.45) is 0 Å². The number of nitro groups is 1. The predicted octanol–water partition coefficient (Wildman–Crippen LogP) is 3.16. The van der Waals surface area contributed by atoms with Crippen molar-refractivity contribution in [1.82, 2.24) is 0 Å². The minimum Gasteiger partial charge on any atom is -0.258 e. The molecule has 0 N–H and O–H groups in total. The van der Waals surface area contributed by atoms with Crippen LogP contribution < -0.4 is 0 Å². The van der Waals surface area contributed by atoms with Gasteiger partial charge in [0.25, 0.3) is 5.69 Å². The number of hydrogen-bond donors (Lipinski definition) is 0. The molecule has 0 spiro atoms. The van der Waals surface area contributed by atoms with Crippen molar-refractivity contribution in [3.05, 3.63) is 38.9 Å². The molecule has 0 aliphatic rings. The normalized spacial score (nSPS) is 10.2. The van der Waals surface area contributed by atoms with E-state index in [0.29, 0.717) is 0 Å². The quantitative estimate of drug-likeness (QED) is 0.546.